The second kappa shape index (κ2) is 8.88. The van der Waals surface area contributed by atoms with Gasteiger partial charge in [-0.1, -0.05) is 32.0 Å². The average molecular weight is 450 g/mol. The van der Waals surface area contributed by atoms with Crippen LogP contribution in [0.15, 0.2) is 71.6 Å². The molecule has 0 aliphatic carbocycles. The van der Waals surface area contributed by atoms with E-state index in [4.69, 9.17) is 4.74 Å². The molecule has 1 aliphatic rings. The number of aromatic hydroxyl groups is 1. The Morgan fingerprint density at radius 2 is 1.78 bits per heavy atom. The molecular weight excluding hydrogens is 426 g/mol. The van der Waals surface area contributed by atoms with Crippen LogP contribution in [0.1, 0.15) is 30.3 Å². The molecule has 1 amide bonds. The lowest BCUT2D eigenvalue weighted by atomic mass is 9.99. The van der Waals surface area contributed by atoms with E-state index in [1.54, 1.807) is 48.5 Å². The summed E-state index contributed by atoms with van der Waals surface area (Å²) in [7, 11) is 0. The summed E-state index contributed by atoms with van der Waals surface area (Å²) >= 11 is 1.36. The minimum Gasteiger partial charge on any atom is -0.507 e. The zero-order valence-corrected chi connectivity index (χ0v) is 18.5. The Balaban J connectivity index is 1.79. The largest absolute Gasteiger partial charge is 0.507 e. The lowest BCUT2D eigenvalue weighted by Gasteiger charge is -2.24. The molecule has 0 bridgehead atoms. The molecule has 0 saturated carbocycles. The fraction of sp³-hybridized carbons (Fsp3) is 0.200. The molecule has 1 fully saturated rings. The van der Waals surface area contributed by atoms with Crippen LogP contribution in [0.4, 0.5) is 5.69 Å². The van der Waals surface area contributed by atoms with E-state index in [0.29, 0.717) is 28.7 Å². The number of carbonyl (C=O) groups is 2. The summed E-state index contributed by atoms with van der Waals surface area (Å²) in [5.41, 5.74) is 0.597. The van der Waals surface area contributed by atoms with Crippen LogP contribution in [-0.4, -0.2) is 28.5 Å². The second-order valence-corrected chi connectivity index (χ2v) is 8.88. The minimum absolute atomic E-state index is 0.0171. The van der Waals surface area contributed by atoms with E-state index in [-0.39, 0.29) is 22.8 Å². The molecule has 7 heteroatoms. The fourth-order valence-corrected chi connectivity index (χ4v) is 4.42. The number of hydrogen-bond donors (Lipinski definition) is 2. The zero-order valence-electron chi connectivity index (χ0n) is 17.7. The van der Waals surface area contributed by atoms with Crippen molar-refractivity contribution in [3.63, 3.8) is 0 Å². The van der Waals surface area contributed by atoms with Crippen LogP contribution in [0.3, 0.4) is 0 Å². The number of para-hydroxylation sites is 2. The molecule has 164 valence electrons. The summed E-state index contributed by atoms with van der Waals surface area (Å²) in [5.74, 6) is -0.968. The fourth-order valence-electron chi connectivity index (χ4n) is 3.59. The molecule has 1 aliphatic heterocycles. The van der Waals surface area contributed by atoms with Gasteiger partial charge in [-0.05, 0) is 53.8 Å². The Hall–Kier alpha value is -3.58. The van der Waals surface area contributed by atoms with Crippen LogP contribution < -0.4 is 9.64 Å². The highest BCUT2D eigenvalue weighted by Crippen LogP contribution is 2.45. The number of amides is 1. The molecule has 2 aromatic carbocycles. The molecule has 6 nitrogen and oxygen atoms in total. The third-order valence-corrected chi connectivity index (χ3v) is 6.03. The van der Waals surface area contributed by atoms with Crippen molar-refractivity contribution < 1.29 is 24.5 Å². The van der Waals surface area contributed by atoms with Crippen LogP contribution in [0.25, 0.3) is 5.76 Å². The van der Waals surface area contributed by atoms with Crippen LogP contribution in [0.5, 0.6) is 11.5 Å². The smallest absolute Gasteiger partial charge is 0.300 e. The first-order valence-electron chi connectivity index (χ1n) is 10.2. The number of carbonyl (C=O) groups excluding carboxylic acids is 2. The summed E-state index contributed by atoms with van der Waals surface area (Å²) in [6, 6.07) is 15.9. The van der Waals surface area contributed by atoms with Gasteiger partial charge in [-0.15, -0.1) is 11.3 Å². The van der Waals surface area contributed by atoms with Gasteiger partial charge >= 0.3 is 0 Å². The minimum atomic E-state index is -0.847. The zero-order chi connectivity index (χ0) is 22.8. The van der Waals surface area contributed by atoms with Gasteiger partial charge < -0.3 is 14.9 Å². The number of nitrogens with zero attached hydrogens (tertiary/aromatic N) is 1. The van der Waals surface area contributed by atoms with E-state index < -0.39 is 17.7 Å². The molecule has 1 atom stereocenters. The standard InChI is InChI=1S/C25H23NO5S/c1-15(2)14-31-17-11-9-16(10-12-17)23(28)21-22(20-8-5-13-32-20)26(25(30)24(21)29)18-6-3-4-7-19(18)27/h3-13,15,22,27-28H,14H2,1-2H3/b23-21-. The van der Waals surface area contributed by atoms with E-state index in [1.165, 1.54) is 22.3 Å². The number of rotatable bonds is 6. The van der Waals surface area contributed by atoms with Gasteiger partial charge in [-0.2, -0.15) is 0 Å². The molecule has 32 heavy (non-hydrogen) atoms. The Morgan fingerprint density at radius 1 is 1.06 bits per heavy atom. The van der Waals surface area contributed by atoms with Gasteiger partial charge in [0.2, 0.25) is 0 Å². The molecule has 3 aromatic rings. The van der Waals surface area contributed by atoms with E-state index in [9.17, 15) is 19.8 Å². The predicted molar refractivity (Wildman–Crippen MR) is 124 cm³/mol. The van der Waals surface area contributed by atoms with Crippen molar-refractivity contribution in [2.24, 2.45) is 5.92 Å². The summed E-state index contributed by atoms with van der Waals surface area (Å²) in [6.07, 6.45) is 0. The Bertz CT molecular complexity index is 1170. The van der Waals surface area contributed by atoms with Gasteiger partial charge in [0.25, 0.3) is 11.7 Å². The van der Waals surface area contributed by atoms with Gasteiger partial charge in [0.05, 0.1) is 17.9 Å². The molecule has 0 spiro atoms. The number of ether oxygens (including phenoxy) is 1. The number of aliphatic hydroxyl groups excluding tert-OH is 1. The number of phenolic OH excluding ortho intramolecular Hbond substituents is 1. The number of hydrogen-bond acceptors (Lipinski definition) is 6. The van der Waals surface area contributed by atoms with Crippen molar-refractivity contribution >= 4 is 34.5 Å². The van der Waals surface area contributed by atoms with E-state index >= 15 is 0 Å². The molecule has 1 saturated heterocycles. The number of thiophene rings is 1. The number of aliphatic hydroxyl groups is 1. The van der Waals surface area contributed by atoms with Crippen LogP contribution in [-0.2, 0) is 9.59 Å². The summed E-state index contributed by atoms with van der Waals surface area (Å²) in [4.78, 5) is 28.0. The summed E-state index contributed by atoms with van der Waals surface area (Å²) in [5, 5.41) is 23.3. The van der Waals surface area contributed by atoms with Gasteiger partial charge in [0.15, 0.2) is 0 Å². The van der Waals surface area contributed by atoms with E-state index in [0.717, 1.165) is 0 Å². The maximum absolute atomic E-state index is 13.1. The van der Waals surface area contributed by atoms with Crippen LogP contribution >= 0.6 is 11.3 Å². The topological polar surface area (TPSA) is 87.1 Å². The highest BCUT2D eigenvalue weighted by Gasteiger charge is 2.48. The highest BCUT2D eigenvalue weighted by molar-refractivity contribution is 7.10. The van der Waals surface area contributed by atoms with Gasteiger partial charge in [0, 0.05) is 10.4 Å². The average Bonchev–Trinajstić information content (AvgIpc) is 3.40. The SMILES string of the molecule is CC(C)COc1ccc(/C(O)=C2/C(=O)C(=O)N(c3ccccc3O)C2c2cccs2)cc1. The third kappa shape index (κ3) is 3.99. The maximum Gasteiger partial charge on any atom is 0.300 e. The lowest BCUT2D eigenvalue weighted by molar-refractivity contribution is -0.132. The van der Waals surface area contributed by atoms with E-state index in [1.807, 2.05) is 25.3 Å². The summed E-state index contributed by atoms with van der Waals surface area (Å²) in [6.45, 7) is 4.66. The first-order chi connectivity index (χ1) is 15.4. The quantitative estimate of drug-likeness (QED) is 0.310. The van der Waals surface area contributed by atoms with Crippen LogP contribution in [0.2, 0.25) is 0 Å². The van der Waals surface area contributed by atoms with Crippen molar-refractivity contribution in [3.05, 3.63) is 82.1 Å². The number of phenols is 1. The van der Waals surface area contributed by atoms with Crippen molar-refractivity contribution in [2.45, 2.75) is 19.9 Å². The molecule has 0 radical (unpaired) electrons. The monoisotopic (exact) mass is 449 g/mol. The third-order valence-electron chi connectivity index (χ3n) is 5.11. The Labute approximate surface area is 190 Å². The number of anilines is 1. The van der Waals surface area contributed by atoms with Crippen molar-refractivity contribution in [1.29, 1.82) is 0 Å². The molecule has 1 unspecified atom stereocenters. The molecule has 1 aromatic heterocycles. The van der Waals surface area contributed by atoms with Crippen molar-refractivity contribution in [1.82, 2.24) is 0 Å². The molecule has 2 heterocycles. The van der Waals surface area contributed by atoms with Gasteiger partial charge in [-0.3, -0.25) is 14.5 Å². The first kappa shape index (κ1) is 21.6. The molecular formula is C25H23NO5S. The Kier molecular flexibility index (Phi) is 6.01. The summed E-state index contributed by atoms with van der Waals surface area (Å²) < 4.78 is 5.68. The first-order valence-corrected chi connectivity index (χ1v) is 11.1. The Morgan fingerprint density at radius 3 is 2.41 bits per heavy atom. The lowest BCUT2D eigenvalue weighted by Crippen LogP contribution is -2.29. The molecule has 4 rings (SSSR count). The number of Topliss-reactive ketones (excluding diaryl/α,β-unsaturated/α-hetero) is 1. The number of benzene rings is 2. The maximum atomic E-state index is 13.1. The van der Waals surface area contributed by atoms with Gasteiger partial charge in [-0.25, -0.2) is 0 Å². The van der Waals surface area contributed by atoms with Crippen LogP contribution in [0, 0.1) is 5.92 Å². The van der Waals surface area contributed by atoms with Crippen molar-refractivity contribution in [3.8, 4) is 11.5 Å². The highest BCUT2D eigenvalue weighted by atomic mass is 32.1. The number of ketones is 1. The van der Waals surface area contributed by atoms with E-state index in [2.05, 4.69) is 0 Å². The predicted octanol–water partition coefficient (Wildman–Crippen LogP) is 5.11. The van der Waals surface area contributed by atoms with Gasteiger partial charge in [0.1, 0.15) is 23.3 Å². The molecule has 2 N–H and O–H groups in total. The van der Waals surface area contributed by atoms with Crippen molar-refractivity contribution in [2.75, 3.05) is 11.5 Å². The normalized spacial score (nSPS) is 17.8. The second-order valence-electron chi connectivity index (χ2n) is 7.90.